The summed E-state index contributed by atoms with van der Waals surface area (Å²) in [7, 11) is 0. The predicted molar refractivity (Wildman–Crippen MR) is 48.6 cm³/mol. The molecule has 4 heteroatoms. The Morgan fingerprint density at radius 2 is 2.00 bits per heavy atom. The van der Waals surface area contributed by atoms with Gasteiger partial charge in [0.05, 0.1) is 5.56 Å². The zero-order valence-electron chi connectivity index (χ0n) is 7.38. The van der Waals surface area contributed by atoms with Crippen LogP contribution in [-0.4, -0.2) is 0 Å². The Morgan fingerprint density at radius 3 is 2.50 bits per heavy atom. The lowest BCUT2D eigenvalue weighted by Crippen LogP contribution is -2.10. The molecular formula is C10H10F3N. The molecule has 2 N–H and O–H groups in total. The first kappa shape index (κ1) is 10.8. The van der Waals surface area contributed by atoms with Gasteiger partial charge in [-0.2, -0.15) is 13.2 Å². The summed E-state index contributed by atoms with van der Waals surface area (Å²) in [6.07, 6.45) is -2.92. The predicted octanol–water partition coefficient (Wildman–Crippen LogP) is 2.89. The maximum atomic E-state index is 12.3. The Labute approximate surface area is 80.0 Å². The quantitative estimate of drug-likeness (QED) is 0.731. The Hall–Kier alpha value is -1.29. The molecule has 0 spiro atoms. The summed E-state index contributed by atoms with van der Waals surface area (Å²) < 4.78 is 36.8. The summed E-state index contributed by atoms with van der Waals surface area (Å²) in [6.45, 7) is 3.42. The second-order valence-corrected chi connectivity index (χ2v) is 2.88. The zero-order chi connectivity index (χ0) is 10.8. The fourth-order valence-corrected chi connectivity index (χ4v) is 1.06. The minimum Gasteiger partial charge on any atom is -0.321 e. The highest BCUT2D eigenvalue weighted by molar-refractivity contribution is 5.29. The molecule has 14 heavy (non-hydrogen) atoms. The van der Waals surface area contributed by atoms with Crippen LogP contribution >= 0.6 is 0 Å². The third kappa shape index (κ3) is 2.35. The highest BCUT2D eigenvalue weighted by Gasteiger charge is 2.30. The molecule has 0 amide bonds. The minimum absolute atomic E-state index is 0.412. The van der Waals surface area contributed by atoms with Crippen molar-refractivity contribution >= 4 is 0 Å². The molecule has 1 aromatic carbocycles. The highest BCUT2D eigenvalue weighted by Crippen LogP contribution is 2.30. The van der Waals surface area contributed by atoms with Crippen LogP contribution < -0.4 is 5.73 Å². The van der Waals surface area contributed by atoms with Crippen LogP contribution in [0.25, 0.3) is 0 Å². The zero-order valence-corrected chi connectivity index (χ0v) is 7.38. The molecule has 0 aliphatic carbocycles. The van der Waals surface area contributed by atoms with Gasteiger partial charge in [0.25, 0.3) is 0 Å². The molecule has 1 atom stereocenters. The summed E-state index contributed by atoms with van der Waals surface area (Å²) in [4.78, 5) is 0. The normalized spacial score (nSPS) is 13.7. The first-order valence-corrected chi connectivity index (χ1v) is 4.00. The third-order valence-electron chi connectivity index (χ3n) is 1.85. The number of rotatable bonds is 2. The molecule has 1 nitrogen and oxygen atoms in total. The lowest BCUT2D eigenvalue weighted by atomic mass is 10.0. The van der Waals surface area contributed by atoms with Crippen molar-refractivity contribution < 1.29 is 13.2 Å². The van der Waals surface area contributed by atoms with Crippen LogP contribution in [0, 0.1) is 0 Å². The maximum Gasteiger partial charge on any atom is 0.416 e. The van der Waals surface area contributed by atoms with Crippen LogP contribution in [0.3, 0.4) is 0 Å². The fourth-order valence-electron chi connectivity index (χ4n) is 1.06. The molecule has 0 heterocycles. The van der Waals surface area contributed by atoms with Crippen LogP contribution in [0.15, 0.2) is 36.9 Å². The van der Waals surface area contributed by atoms with E-state index in [1.54, 1.807) is 6.07 Å². The number of alkyl halides is 3. The van der Waals surface area contributed by atoms with Gasteiger partial charge in [-0.05, 0) is 17.7 Å². The van der Waals surface area contributed by atoms with E-state index < -0.39 is 17.8 Å². The molecule has 1 aromatic rings. The number of halogens is 3. The molecule has 0 bridgehead atoms. The summed E-state index contributed by atoms with van der Waals surface area (Å²) >= 11 is 0. The molecule has 0 radical (unpaired) electrons. The van der Waals surface area contributed by atoms with Gasteiger partial charge in [-0.25, -0.2) is 0 Å². The van der Waals surface area contributed by atoms with Crippen LogP contribution in [0.5, 0.6) is 0 Å². The Kier molecular flexibility index (Phi) is 2.96. The van der Waals surface area contributed by atoms with Crippen molar-refractivity contribution in [3.63, 3.8) is 0 Å². The molecule has 0 saturated heterocycles. The van der Waals surface area contributed by atoms with Crippen molar-refractivity contribution in [3.8, 4) is 0 Å². The monoisotopic (exact) mass is 201 g/mol. The van der Waals surface area contributed by atoms with Gasteiger partial charge >= 0.3 is 6.18 Å². The molecule has 0 saturated carbocycles. The Balaban J connectivity index is 3.07. The molecule has 1 unspecified atom stereocenters. The van der Waals surface area contributed by atoms with Gasteiger partial charge in [-0.15, -0.1) is 6.58 Å². The van der Waals surface area contributed by atoms with E-state index in [9.17, 15) is 13.2 Å². The largest absolute Gasteiger partial charge is 0.416 e. The molecule has 76 valence electrons. The van der Waals surface area contributed by atoms with Crippen molar-refractivity contribution in [2.45, 2.75) is 12.2 Å². The average molecular weight is 201 g/mol. The van der Waals surface area contributed by atoms with Crippen LogP contribution in [0.2, 0.25) is 0 Å². The number of hydrogen-bond acceptors (Lipinski definition) is 1. The van der Waals surface area contributed by atoms with E-state index in [4.69, 9.17) is 5.73 Å². The van der Waals surface area contributed by atoms with Gasteiger partial charge in [0.1, 0.15) is 0 Å². The van der Waals surface area contributed by atoms with E-state index in [1.165, 1.54) is 12.1 Å². The summed E-state index contributed by atoms with van der Waals surface area (Å²) in [5.74, 6) is 0. The maximum absolute atomic E-state index is 12.3. The van der Waals surface area contributed by atoms with Gasteiger partial charge < -0.3 is 5.73 Å². The summed E-state index contributed by atoms with van der Waals surface area (Å²) in [5, 5.41) is 0. The van der Waals surface area contributed by atoms with E-state index >= 15 is 0 Å². The number of nitrogens with two attached hydrogens (primary N) is 1. The molecule has 0 aromatic heterocycles. The van der Waals surface area contributed by atoms with Gasteiger partial charge in [-0.1, -0.05) is 18.2 Å². The van der Waals surface area contributed by atoms with Crippen molar-refractivity contribution in [2.24, 2.45) is 5.73 Å². The first-order chi connectivity index (χ1) is 6.45. The van der Waals surface area contributed by atoms with Crippen LogP contribution in [0.4, 0.5) is 13.2 Å². The van der Waals surface area contributed by atoms with E-state index in [0.29, 0.717) is 5.56 Å². The Bertz CT molecular complexity index is 330. The minimum atomic E-state index is -4.32. The van der Waals surface area contributed by atoms with Crippen LogP contribution in [0.1, 0.15) is 17.2 Å². The van der Waals surface area contributed by atoms with Gasteiger partial charge in [0, 0.05) is 6.04 Å². The average Bonchev–Trinajstić information content (AvgIpc) is 2.15. The molecule has 0 aliphatic heterocycles. The molecule has 0 aliphatic rings. The second kappa shape index (κ2) is 3.84. The van der Waals surface area contributed by atoms with Gasteiger partial charge in [0.15, 0.2) is 0 Å². The van der Waals surface area contributed by atoms with Gasteiger partial charge in [0.2, 0.25) is 0 Å². The van der Waals surface area contributed by atoms with Gasteiger partial charge in [-0.3, -0.25) is 0 Å². The number of hydrogen-bond donors (Lipinski definition) is 1. The summed E-state index contributed by atoms with van der Waals surface area (Å²) in [5.41, 5.74) is 5.25. The first-order valence-electron chi connectivity index (χ1n) is 4.00. The van der Waals surface area contributed by atoms with Crippen molar-refractivity contribution in [1.82, 2.24) is 0 Å². The molecular weight excluding hydrogens is 191 g/mol. The van der Waals surface area contributed by atoms with Crippen molar-refractivity contribution in [2.75, 3.05) is 0 Å². The van der Waals surface area contributed by atoms with E-state index in [0.717, 1.165) is 12.1 Å². The van der Waals surface area contributed by atoms with Crippen LogP contribution in [-0.2, 0) is 6.18 Å². The fraction of sp³-hybridized carbons (Fsp3) is 0.200. The lowest BCUT2D eigenvalue weighted by Gasteiger charge is -2.10. The SMILES string of the molecule is C=CC(N)c1cccc(C(F)(F)F)c1. The third-order valence-corrected chi connectivity index (χ3v) is 1.85. The lowest BCUT2D eigenvalue weighted by molar-refractivity contribution is -0.137. The van der Waals surface area contributed by atoms with Crippen molar-refractivity contribution in [3.05, 3.63) is 48.0 Å². The number of benzene rings is 1. The van der Waals surface area contributed by atoms with E-state index in [-0.39, 0.29) is 0 Å². The van der Waals surface area contributed by atoms with Crippen molar-refractivity contribution in [1.29, 1.82) is 0 Å². The highest BCUT2D eigenvalue weighted by atomic mass is 19.4. The second-order valence-electron chi connectivity index (χ2n) is 2.88. The topological polar surface area (TPSA) is 26.0 Å². The smallest absolute Gasteiger partial charge is 0.321 e. The van der Waals surface area contributed by atoms with E-state index in [1.807, 2.05) is 0 Å². The molecule has 1 rings (SSSR count). The Morgan fingerprint density at radius 1 is 1.36 bits per heavy atom. The molecule has 0 fully saturated rings. The van der Waals surface area contributed by atoms with E-state index in [2.05, 4.69) is 6.58 Å². The summed E-state index contributed by atoms with van der Waals surface area (Å²) in [6, 6.07) is 4.37. The standard InChI is InChI=1S/C10H10F3N/c1-2-9(14)7-4-3-5-8(6-7)10(11,12)13/h2-6,9H,1,14H2.